The molecule has 1 N–H and O–H groups in total. The van der Waals surface area contributed by atoms with Crippen molar-refractivity contribution in [2.45, 2.75) is 32.6 Å². The molecule has 1 aliphatic rings. The fraction of sp³-hybridized carbons (Fsp3) is 0.389. The normalized spacial score (nSPS) is 15.5. The van der Waals surface area contributed by atoms with Gasteiger partial charge < -0.3 is 10.2 Å². The highest BCUT2D eigenvalue weighted by Gasteiger charge is 2.11. The molecule has 1 aromatic carbocycles. The van der Waals surface area contributed by atoms with Gasteiger partial charge in [0.1, 0.15) is 12.1 Å². The van der Waals surface area contributed by atoms with E-state index in [4.69, 9.17) is 0 Å². The van der Waals surface area contributed by atoms with Crippen molar-refractivity contribution in [1.82, 2.24) is 19.6 Å². The Morgan fingerprint density at radius 2 is 1.88 bits per heavy atom. The topological polar surface area (TPSA) is 58.4 Å². The van der Waals surface area contributed by atoms with Crippen LogP contribution in [0.3, 0.4) is 0 Å². The lowest BCUT2D eigenvalue weighted by molar-refractivity contribution is 0.726. The number of anilines is 3. The van der Waals surface area contributed by atoms with Gasteiger partial charge in [-0.1, -0.05) is 18.9 Å². The highest BCUT2D eigenvalue weighted by molar-refractivity contribution is 5.64. The number of nitrogens with one attached hydrogen (secondary N) is 1. The van der Waals surface area contributed by atoms with Crippen molar-refractivity contribution >= 4 is 23.0 Å². The van der Waals surface area contributed by atoms with Gasteiger partial charge in [0.15, 0.2) is 0 Å². The van der Waals surface area contributed by atoms with Crippen molar-refractivity contribution in [2.24, 2.45) is 0 Å². The average Bonchev–Trinajstić information content (AvgIpc) is 2.88. The Morgan fingerprint density at radius 3 is 2.71 bits per heavy atom. The molecule has 1 fully saturated rings. The quantitative estimate of drug-likeness (QED) is 0.799. The summed E-state index contributed by atoms with van der Waals surface area (Å²) in [7, 11) is 0. The number of aromatic nitrogens is 4. The summed E-state index contributed by atoms with van der Waals surface area (Å²) in [5.41, 5.74) is 3.25. The Labute approximate surface area is 141 Å². The zero-order valence-electron chi connectivity index (χ0n) is 13.9. The first kappa shape index (κ1) is 14.9. The molecule has 4 rings (SSSR count). The molecule has 1 saturated heterocycles. The van der Waals surface area contributed by atoms with Crippen LogP contribution in [-0.4, -0.2) is 32.7 Å². The van der Waals surface area contributed by atoms with Crippen LogP contribution in [0, 0.1) is 6.92 Å². The molecule has 0 amide bonds. The molecule has 0 aliphatic carbocycles. The molecule has 0 bridgehead atoms. The molecule has 6 nitrogen and oxygen atoms in total. The third kappa shape index (κ3) is 3.04. The van der Waals surface area contributed by atoms with Gasteiger partial charge in [0.25, 0.3) is 5.78 Å². The van der Waals surface area contributed by atoms with Crippen LogP contribution < -0.4 is 10.2 Å². The maximum Gasteiger partial charge on any atom is 0.254 e. The second-order valence-electron chi connectivity index (χ2n) is 6.33. The molecule has 1 aliphatic heterocycles. The number of rotatable bonds is 3. The van der Waals surface area contributed by atoms with E-state index < -0.39 is 0 Å². The summed E-state index contributed by atoms with van der Waals surface area (Å²) in [5, 5.41) is 7.71. The van der Waals surface area contributed by atoms with E-state index in [-0.39, 0.29) is 0 Å². The maximum absolute atomic E-state index is 4.38. The lowest BCUT2D eigenvalue weighted by atomic mass is 10.2. The number of hydrogen-bond acceptors (Lipinski definition) is 5. The van der Waals surface area contributed by atoms with Crippen LogP contribution in [0.15, 0.2) is 36.7 Å². The van der Waals surface area contributed by atoms with E-state index in [9.17, 15) is 0 Å². The Balaban J connectivity index is 1.62. The Kier molecular flexibility index (Phi) is 4.02. The predicted molar refractivity (Wildman–Crippen MR) is 95.9 cm³/mol. The van der Waals surface area contributed by atoms with Gasteiger partial charge in [-0.3, -0.25) is 0 Å². The highest BCUT2D eigenvalue weighted by atomic mass is 15.4. The fourth-order valence-corrected chi connectivity index (χ4v) is 3.28. The summed E-state index contributed by atoms with van der Waals surface area (Å²) in [5.74, 6) is 1.49. The van der Waals surface area contributed by atoms with E-state index >= 15 is 0 Å². The molecule has 6 heteroatoms. The average molecular weight is 322 g/mol. The molecular formula is C18H22N6. The number of nitrogens with zero attached hydrogens (tertiary/aromatic N) is 5. The number of benzene rings is 1. The van der Waals surface area contributed by atoms with E-state index in [1.807, 2.05) is 13.0 Å². The summed E-state index contributed by atoms with van der Waals surface area (Å²) in [6.07, 6.45) is 6.77. The van der Waals surface area contributed by atoms with Crippen molar-refractivity contribution in [3.8, 4) is 0 Å². The third-order valence-corrected chi connectivity index (χ3v) is 4.47. The van der Waals surface area contributed by atoms with E-state index in [0.717, 1.165) is 30.3 Å². The van der Waals surface area contributed by atoms with Crippen LogP contribution in [0.1, 0.15) is 31.4 Å². The van der Waals surface area contributed by atoms with Crippen LogP contribution in [0.4, 0.5) is 17.2 Å². The fourth-order valence-electron chi connectivity index (χ4n) is 3.28. The summed E-state index contributed by atoms with van der Waals surface area (Å²) in [6.45, 7) is 4.25. The largest absolute Gasteiger partial charge is 0.371 e. The summed E-state index contributed by atoms with van der Waals surface area (Å²) in [6, 6.07) is 10.6. The molecule has 3 aromatic rings. The van der Waals surface area contributed by atoms with Gasteiger partial charge in [-0.2, -0.15) is 14.6 Å². The van der Waals surface area contributed by atoms with Gasteiger partial charge in [-0.25, -0.2) is 4.98 Å². The van der Waals surface area contributed by atoms with Crippen molar-refractivity contribution in [3.63, 3.8) is 0 Å². The van der Waals surface area contributed by atoms with E-state index in [1.165, 1.54) is 37.7 Å². The van der Waals surface area contributed by atoms with E-state index in [2.05, 4.69) is 49.5 Å². The zero-order valence-corrected chi connectivity index (χ0v) is 13.9. The standard InChI is InChI=1S/C18H22N6/c1-14-11-17(24-18(21-14)19-13-20-24)22-15-7-6-8-16(12-15)23-9-4-2-3-5-10-23/h6-8,11-13,22H,2-5,9-10H2,1H3. The van der Waals surface area contributed by atoms with Gasteiger partial charge in [-0.15, -0.1) is 0 Å². The van der Waals surface area contributed by atoms with Gasteiger partial charge in [0.05, 0.1) is 0 Å². The van der Waals surface area contributed by atoms with Crippen molar-refractivity contribution in [3.05, 3.63) is 42.4 Å². The van der Waals surface area contributed by atoms with Crippen molar-refractivity contribution in [1.29, 1.82) is 0 Å². The lowest BCUT2D eigenvalue weighted by Gasteiger charge is -2.23. The second-order valence-corrected chi connectivity index (χ2v) is 6.33. The molecule has 0 unspecified atom stereocenters. The first-order chi connectivity index (χ1) is 11.8. The number of hydrogen-bond donors (Lipinski definition) is 1. The number of aryl methyl sites for hydroxylation is 1. The molecular weight excluding hydrogens is 300 g/mol. The van der Waals surface area contributed by atoms with Crippen LogP contribution in [0.5, 0.6) is 0 Å². The van der Waals surface area contributed by atoms with Gasteiger partial charge >= 0.3 is 0 Å². The minimum absolute atomic E-state index is 0.612. The molecule has 2 aromatic heterocycles. The zero-order chi connectivity index (χ0) is 16.4. The summed E-state index contributed by atoms with van der Waals surface area (Å²) in [4.78, 5) is 11.0. The second kappa shape index (κ2) is 6.47. The van der Waals surface area contributed by atoms with Crippen LogP contribution in [0.25, 0.3) is 5.78 Å². The Bertz CT molecular complexity index is 832. The van der Waals surface area contributed by atoms with Crippen LogP contribution >= 0.6 is 0 Å². The van der Waals surface area contributed by atoms with Gasteiger partial charge in [0, 0.05) is 36.2 Å². The molecule has 24 heavy (non-hydrogen) atoms. The lowest BCUT2D eigenvalue weighted by Crippen LogP contribution is -2.23. The van der Waals surface area contributed by atoms with Gasteiger partial charge in [0.2, 0.25) is 0 Å². The van der Waals surface area contributed by atoms with E-state index in [0.29, 0.717) is 5.78 Å². The Morgan fingerprint density at radius 1 is 1.04 bits per heavy atom. The maximum atomic E-state index is 4.38. The van der Waals surface area contributed by atoms with Crippen LogP contribution in [-0.2, 0) is 0 Å². The molecule has 0 saturated carbocycles. The van der Waals surface area contributed by atoms with Crippen molar-refractivity contribution < 1.29 is 0 Å². The molecule has 0 spiro atoms. The monoisotopic (exact) mass is 322 g/mol. The number of fused-ring (bicyclic) bond motifs is 1. The predicted octanol–water partition coefficient (Wildman–Crippen LogP) is 3.56. The minimum atomic E-state index is 0.612. The SMILES string of the molecule is Cc1cc(Nc2cccc(N3CCCCCC3)c2)n2ncnc2n1. The smallest absolute Gasteiger partial charge is 0.254 e. The molecule has 124 valence electrons. The molecule has 0 atom stereocenters. The summed E-state index contributed by atoms with van der Waals surface area (Å²) < 4.78 is 1.73. The molecule has 3 heterocycles. The third-order valence-electron chi connectivity index (χ3n) is 4.47. The summed E-state index contributed by atoms with van der Waals surface area (Å²) >= 11 is 0. The Hall–Kier alpha value is -2.63. The van der Waals surface area contributed by atoms with Crippen LogP contribution in [0.2, 0.25) is 0 Å². The minimum Gasteiger partial charge on any atom is -0.371 e. The van der Waals surface area contributed by atoms with Gasteiger partial charge in [-0.05, 0) is 38.0 Å². The van der Waals surface area contributed by atoms with E-state index in [1.54, 1.807) is 4.52 Å². The highest BCUT2D eigenvalue weighted by Crippen LogP contribution is 2.25. The first-order valence-corrected chi connectivity index (χ1v) is 8.59. The molecule has 0 radical (unpaired) electrons. The first-order valence-electron chi connectivity index (χ1n) is 8.59. The van der Waals surface area contributed by atoms with Crippen molar-refractivity contribution in [2.75, 3.05) is 23.3 Å².